The molecule has 2 heterocycles. The number of hydrogen-bond acceptors (Lipinski definition) is 3. The Balaban J connectivity index is 2.23. The molecular formula is C11H10N2OS2. The SMILES string of the molecule is C=CCN1C(=O)/C(=C/c2ccc[nH]2)SC1=S. The summed E-state index contributed by atoms with van der Waals surface area (Å²) in [4.78, 5) is 17.1. The van der Waals surface area contributed by atoms with Gasteiger partial charge in [0, 0.05) is 18.4 Å². The minimum Gasteiger partial charge on any atom is -0.362 e. The van der Waals surface area contributed by atoms with Crippen LogP contribution in [-0.2, 0) is 4.79 Å². The maximum absolute atomic E-state index is 11.9. The Morgan fingerprint density at radius 1 is 1.62 bits per heavy atom. The van der Waals surface area contributed by atoms with E-state index in [0.29, 0.717) is 15.8 Å². The molecule has 1 saturated heterocycles. The highest BCUT2D eigenvalue weighted by Gasteiger charge is 2.30. The van der Waals surface area contributed by atoms with Crippen LogP contribution in [0.15, 0.2) is 35.9 Å². The number of aromatic nitrogens is 1. The third-order valence-corrected chi connectivity index (χ3v) is 3.47. The van der Waals surface area contributed by atoms with E-state index in [4.69, 9.17) is 12.2 Å². The largest absolute Gasteiger partial charge is 0.362 e. The fourth-order valence-corrected chi connectivity index (χ4v) is 2.63. The summed E-state index contributed by atoms with van der Waals surface area (Å²) in [6, 6.07) is 3.79. The number of carbonyl (C=O) groups is 1. The van der Waals surface area contributed by atoms with E-state index in [1.54, 1.807) is 11.0 Å². The lowest BCUT2D eigenvalue weighted by Gasteiger charge is -2.10. The summed E-state index contributed by atoms with van der Waals surface area (Å²) in [7, 11) is 0. The lowest BCUT2D eigenvalue weighted by atomic mass is 10.3. The molecule has 0 radical (unpaired) electrons. The summed E-state index contributed by atoms with van der Waals surface area (Å²) in [5.41, 5.74) is 0.902. The van der Waals surface area contributed by atoms with Crippen molar-refractivity contribution in [2.75, 3.05) is 6.54 Å². The van der Waals surface area contributed by atoms with Crippen LogP contribution in [0.2, 0.25) is 0 Å². The van der Waals surface area contributed by atoms with E-state index in [1.165, 1.54) is 11.8 Å². The van der Waals surface area contributed by atoms with Gasteiger partial charge in [-0.05, 0) is 18.2 Å². The third-order valence-electron chi connectivity index (χ3n) is 2.09. The fourth-order valence-electron chi connectivity index (χ4n) is 1.36. The number of nitrogens with zero attached hydrogens (tertiary/aromatic N) is 1. The van der Waals surface area contributed by atoms with E-state index < -0.39 is 0 Å². The van der Waals surface area contributed by atoms with Crippen molar-refractivity contribution in [2.24, 2.45) is 0 Å². The van der Waals surface area contributed by atoms with Gasteiger partial charge in [-0.15, -0.1) is 6.58 Å². The van der Waals surface area contributed by atoms with Crippen LogP contribution in [0.25, 0.3) is 6.08 Å². The Morgan fingerprint density at radius 3 is 3.06 bits per heavy atom. The van der Waals surface area contributed by atoms with Crippen molar-refractivity contribution >= 4 is 40.3 Å². The Kier molecular flexibility index (Phi) is 3.26. The van der Waals surface area contributed by atoms with Crippen LogP contribution in [0, 0.1) is 0 Å². The van der Waals surface area contributed by atoms with Crippen molar-refractivity contribution in [3.8, 4) is 0 Å². The first-order valence-corrected chi connectivity index (χ1v) is 5.94. The van der Waals surface area contributed by atoms with Gasteiger partial charge in [-0.1, -0.05) is 30.1 Å². The van der Waals surface area contributed by atoms with Crippen molar-refractivity contribution in [2.45, 2.75) is 0 Å². The van der Waals surface area contributed by atoms with Crippen LogP contribution >= 0.6 is 24.0 Å². The molecule has 1 aliphatic heterocycles. The molecule has 5 heteroatoms. The van der Waals surface area contributed by atoms with Gasteiger partial charge in [0.2, 0.25) is 0 Å². The highest BCUT2D eigenvalue weighted by molar-refractivity contribution is 8.26. The Labute approximate surface area is 103 Å². The topological polar surface area (TPSA) is 36.1 Å². The Bertz CT molecular complexity index is 462. The van der Waals surface area contributed by atoms with Crippen molar-refractivity contribution in [1.29, 1.82) is 0 Å². The molecule has 0 atom stereocenters. The highest BCUT2D eigenvalue weighted by Crippen LogP contribution is 2.31. The van der Waals surface area contributed by atoms with Crippen LogP contribution < -0.4 is 0 Å². The summed E-state index contributed by atoms with van der Waals surface area (Å²) < 4.78 is 0.586. The van der Waals surface area contributed by atoms with Gasteiger partial charge >= 0.3 is 0 Å². The Hall–Kier alpha value is -1.33. The monoisotopic (exact) mass is 250 g/mol. The molecule has 1 amide bonds. The number of carbonyl (C=O) groups excluding carboxylic acids is 1. The van der Waals surface area contributed by atoms with Crippen LogP contribution in [0.5, 0.6) is 0 Å². The number of H-pyrrole nitrogens is 1. The van der Waals surface area contributed by atoms with Crippen LogP contribution in [0.3, 0.4) is 0 Å². The number of thioether (sulfide) groups is 1. The van der Waals surface area contributed by atoms with Crippen molar-refractivity contribution in [1.82, 2.24) is 9.88 Å². The van der Waals surface area contributed by atoms with Crippen LogP contribution in [0.4, 0.5) is 0 Å². The number of nitrogens with one attached hydrogen (secondary N) is 1. The molecule has 0 spiro atoms. The van der Waals surface area contributed by atoms with Crippen molar-refractivity contribution < 1.29 is 4.79 Å². The lowest BCUT2D eigenvalue weighted by molar-refractivity contribution is -0.121. The second kappa shape index (κ2) is 4.67. The fraction of sp³-hybridized carbons (Fsp3) is 0.0909. The van der Waals surface area contributed by atoms with E-state index in [0.717, 1.165) is 5.69 Å². The molecule has 0 saturated carbocycles. The van der Waals surface area contributed by atoms with Crippen LogP contribution in [0.1, 0.15) is 5.69 Å². The zero-order valence-corrected chi connectivity index (χ0v) is 10.1. The van der Waals surface area contributed by atoms with E-state index in [1.807, 2.05) is 24.4 Å². The average molecular weight is 250 g/mol. The average Bonchev–Trinajstić information content (AvgIpc) is 2.84. The second-order valence-electron chi connectivity index (χ2n) is 3.21. The van der Waals surface area contributed by atoms with E-state index in [-0.39, 0.29) is 5.91 Å². The summed E-state index contributed by atoms with van der Waals surface area (Å²) in [5.74, 6) is -0.0514. The zero-order chi connectivity index (χ0) is 11.5. The van der Waals surface area contributed by atoms with E-state index >= 15 is 0 Å². The number of amides is 1. The molecule has 1 fully saturated rings. The molecule has 3 nitrogen and oxygen atoms in total. The minimum absolute atomic E-state index is 0.0514. The van der Waals surface area contributed by atoms with E-state index in [9.17, 15) is 4.79 Å². The second-order valence-corrected chi connectivity index (χ2v) is 4.88. The summed E-state index contributed by atoms with van der Waals surface area (Å²) >= 11 is 6.45. The predicted octanol–water partition coefficient (Wildman–Crippen LogP) is 2.40. The minimum atomic E-state index is -0.0514. The summed E-state index contributed by atoms with van der Waals surface area (Å²) in [5, 5.41) is 0. The molecule has 2 rings (SSSR count). The predicted molar refractivity (Wildman–Crippen MR) is 70.9 cm³/mol. The van der Waals surface area contributed by atoms with Gasteiger partial charge in [0.15, 0.2) is 0 Å². The third kappa shape index (κ3) is 2.10. The van der Waals surface area contributed by atoms with Gasteiger partial charge in [-0.3, -0.25) is 9.69 Å². The quantitative estimate of drug-likeness (QED) is 0.508. The highest BCUT2D eigenvalue weighted by atomic mass is 32.2. The molecular weight excluding hydrogens is 240 g/mol. The van der Waals surface area contributed by atoms with Gasteiger partial charge in [0.05, 0.1) is 4.91 Å². The first kappa shape index (κ1) is 11.2. The maximum atomic E-state index is 11.9. The molecule has 0 aliphatic carbocycles. The number of hydrogen-bond donors (Lipinski definition) is 1. The van der Waals surface area contributed by atoms with Crippen molar-refractivity contribution in [3.05, 3.63) is 41.6 Å². The molecule has 0 aromatic carbocycles. The van der Waals surface area contributed by atoms with Gasteiger partial charge in [-0.2, -0.15) is 0 Å². The molecule has 1 aromatic heterocycles. The summed E-state index contributed by atoms with van der Waals surface area (Å²) in [6.45, 7) is 4.07. The molecule has 1 aliphatic rings. The van der Waals surface area contributed by atoms with Crippen LogP contribution in [-0.4, -0.2) is 26.7 Å². The Morgan fingerprint density at radius 2 is 2.44 bits per heavy atom. The van der Waals surface area contributed by atoms with Crippen molar-refractivity contribution in [3.63, 3.8) is 0 Å². The summed E-state index contributed by atoms with van der Waals surface area (Å²) in [6.07, 6.45) is 5.29. The first-order valence-electron chi connectivity index (χ1n) is 4.72. The molecule has 82 valence electrons. The lowest BCUT2D eigenvalue weighted by Crippen LogP contribution is -2.27. The standard InChI is InChI=1S/C11H10N2OS2/c1-2-6-13-10(14)9(16-11(13)15)7-8-4-3-5-12-8/h2-5,7,12H,1,6H2/b9-7-. The smallest absolute Gasteiger partial charge is 0.266 e. The van der Waals surface area contributed by atoms with E-state index in [2.05, 4.69) is 11.6 Å². The number of rotatable bonds is 3. The number of aromatic amines is 1. The molecule has 0 unspecified atom stereocenters. The normalized spacial score (nSPS) is 18.5. The molecule has 1 aromatic rings. The first-order chi connectivity index (χ1) is 7.72. The molecule has 0 bridgehead atoms. The van der Waals surface area contributed by atoms with Gasteiger partial charge in [0.1, 0.15) is 4.32 Å². The molecule has 16 heavy (non-hydrogen) atoms. The number of thiocarbonyl (C=S) groups is 1. The van der Waals surface area contributed by atoms with Gasteiger partial charge in [-0.25, -0.2) is 0 Å². The molecule has 1 N–H and O–H groups in total. The maximum Gasteiger partial charge on any atom is 0.266 e. The van der Waals surface area contributed by atoms with Gasteiger partial charge < -0.3 is 4.98 Å². The zero-order valence-electron chi connectivity index (χ0n) is 8.47. The van der Waals surface area contributed by atoms with Gasteiger partial charge in [0.25, 0.3) is 5.91 Å².